The van der Waals surface area contributed by atoms with Crippen molar-refractivity contribution in [2.75, 3.05) is 6.61 Å². The third-order valence-corrected chi connectivity index (χ3v) is 3.79. The van der Waals surface area contributed by atoms with E-state index in [1.807, 2.05) is 5.43 Å². The minimum Gasteiger partial charge on any atom is -0.452 e. The second-order valence-corrected chi connectivity index (χ2v) is 6.18. The normalized spacial score (nSPS) is 11.5. The van der Waals surface area contributed by atoms with Crippen molar-refractivity contribution in [1.29, 1.82) is 0 Å². The Balaban J connectivity index is 2.01. The lowest BCUT2D eigenvalue weighted by atomic mass is 10.0. The van der Waals surface area contributed by atoms with E-state index in [0.717, 1.165) is 12.1 Å². The average Bonchev–Trinajstić information content (AvgIpc) is 2.74. The summed E-state index contributed by atoms with van der Waals surface area (Å²) in [7, 11) is 0. The molecule has 9 nitrogen and oxygen atoms in total. The summed E-state index contributed by atoms with van der Waals surface area (Å²) < 4.78 is 81.4. The van der Waals surface area contributed by atoms with Gasteiger partial charge in [0.05, 0.1) is 21.6 Å². The molecule has 0 aliphatic carbocycles. The Morgan fingerprint density at radius 2 is 1.45 bits per heavy atom. The molecule has 0 fully saturated rings. The minimum absolute atomic E-state index is 0.125. The summed E-state index contributed by atoms with van der Waals surface area (Å²) >= 11 is 0. The minimum atomic E-state index is -5.19. The number of non-ortho nitro benzene ring substituents is 1. The molecule has 2 N–H and O–H groups in total. The maximum atomic E-state index is 12.8. The highest BCUT2D eigenvalue weighted by molar-refractivity contribution is 5.96. The molecule has 0 aromatic heterocycles. The van der Waals surface area contributed by atoms with Crippen molar-refractivity contribution >= 4 is 23.5 Å². The first kappa shape index (κ1) is 25.1. The first-order valence-corrected chi connectivity index (χ1v) is 8.48. The molecule has 0 spiro atoms. The number of ether oxygens (including phenoxy) is 1. The molecule has 2 aromatic carbocycles. The quantitative estimate of drug-likeness (QED) is 0.293. The molecule has 0 unspecified atom stereocenters. The fourth-order valence-corrected chi connectivity index (χ4v) is 2.28. The Morgan fingerprint density at radius 3 is 1.97 bits per heavy atom. The zero-order chi connectivity index (χ0) is 25.0. The van der Waals surface area contributed by atoms with Gasteiger partial charge >= 0.3 is 18.3 Å². The Morgan fingerprint density at radius 1 is 0.879 bits per heavy atom. The number of benzene rings is 2. The molecule has 15 heteroatoms. The van der Waals surface area contributed by atoms with Crippen molar-refractivity contribution < 1.29 is 50.4 Å². The molecule has 0 saturated carbocycles. The van der Waals surface area contributed by atoms with Gasteiger partial charge in [0.15, 0.2) is 6.61 Å². The number of hydrogen-bond acceptors (Lipinski definition) is 6. The number of amides is 2. The van der Waals surface area contributed by atoms with Crippen molar-refractivity contribution in [2.45, 2.75) is 12.4 Å². The summed E-state index contributed by atoms with van der Waals surface area (Å²) in [5.41, 5.74) is -1.64. The number of rotatable bonds is 5. The fraction of sp³-hybridized carbons (Fsp3) is 0.167. The number of carbonyl (C=O) groups excluding carboxylic acids is 3. The van der Waals surface area contributed by atoms with Gasteiger partial charge in [0.1, 0.15) is 0 Å². The van der Waals surface area contributed by atoms with E-state index < -0.39 is 64.0 Å². The van der Waals surface area contributed by atoms with E-state index in [4.69, 9.17) is 0 Å². The predicted molar refractivity (Wildman–Crippen MR) is 95.4 cm³/mol. The maximum absolute atomic E-state index is 12.8. The van der Waals surface area contributed by atoms with Crippen molar-refractivity contribution in [1.82, 2.24) is 10.9 Å². The summed E-state index contributed by atoms with van der Waals surface area (Å²) in [6.45, 7) is -1.17. The standard InChI is InChI=1S/C18H11F6N3O6/c19-17(20,21)11-4-10(5-12(7-11)18(22,23)24)16(30)33-8-14(28)25-26-15(29)9-2-1-3-13(6-9)27(31)32/h1-7H,8H2,(H,25,28)(H,26,29). The molecule has 0 saturated heterocycles. The van der Waals surface area contributed by atoms with Crippen molar-refractivity contribution in [3.05, 3.63) is 74.8 Å². The van der Waals surface area contributed by atoms with Gasteiger partial charge in [0, 0.05) is 17.7 Å². The van der Waals surface area contributed by atoms with E-state index in [1.54, 1.807) is 5.43 Å². The van der Waals surface area contributed by atoms with Crippen LogP contribution in [0.3, 0.4) is 0 Å². The van der Waals surface area contributed by atoms with Gasteiger partial charge in [-0.1, -0.05) is 6.07 Å². The number of alkyl halides is 6. The summed E-state index contributed by atoms with van der Waals surface area (Å²) in [6, 6.07) is 4.44. The fourth-order valence-electron chi connectivity index (χ4n) is 2.28. The number of carbonyl (C=O) groups is 3. The molecule has 0 bridgehead atoms. The third kappa shape index (κ3) is 6.91. The average molecular weight is 479 g/mol. The van der Waals surface area contributed by atoms with Gasteiger partial charge in [-0.3, -0.25) is 30.6 Å². The van der Waals surface area contributed by atoms with Crippen LogP contribution in [0.1, 0.15) is 31.8 Å². The molecule has 33 heavy (non-hydrogen) atoms. The predicted octanol–water partition coefficient (Wildman–Crippen LogP) is 3.25. The molecule has 0 radical (unpaired) electrons. The topological polar surface area (TPSA) is 128 Å². The first-order valence-electron chi connectivity index (χ1n) is 8.48. The van der Waals surface area contributed by atoms with Crippen LogP contribution in [0.25, 0.3) is 0 Å². The van der Waals surface area contributed by atoms with Gasteiger partial charge in [0.2, 0.25) is 0 Å². The van der Waals surface area contributed by atoms with Crippen LogP contribution in [0.15, 0.2) is 42.5 Å². The number of nitrogens with zero attached hydrogens (tertiary/aromatic N) is 1. The zero-order valence-corrected chi connectivity index (χ0v) is 15.9. The van der Waals surface area contributed by atoms with Crippen LogP contribution in [-0.2, 0) is 21.9 Å². The number of nitrogens with one attached hydrogen (secondary N) is 2. The van der Waals surface area contributed by atoms with E-state index in [-0.39, 0.29) is 23.8 Å². The smallest absolute Gasteiger partial charge is 0.416 e. The highest BCUT2D eigenvalue weighted by atomic mass is 19.4. The van der Waals surface area contributed by atoms with Gasteiger partial charge < -0.3 is 4.74 Å². The number of hydrogen-bond donors (Lipinski definition) is 2. The molecule has 0 atom stereocenters. The molecule has 0 aliphatic heterocycles. The highest BCUT2D eigenvalue weighted by Gasteiger charge is 2.37. The molecular weight excluding hydrogens is 468 g/mol. The van der Waals surface area contributed by atoms with Gasteiger partial charge in [0.25, 0.3) is 17.5 Å². The van der Waals surface area contributed by atoms with Crippen LogP contribution in [0.2, 0.25) is 0 Å². The molecule has 2 amide bonds. The van der Waals surface area contributed by atoms with Crippen molar-refractivity contribution in [3.8, 4) is 0 Å². The van der Waals surface area contributed by atoms with E-state index in [1.165, 1.54) is 12.1 Å². The number of nitro groups is 1. The number of hydrazine groups is 1. The Hall–Kier alpha value is -4.17. The summed E-state index contributed by atoms with van der Waals surface area (Å²) in [6.07, 6.45) is -10.4. The molecule has 0 heterocycles. The van der Waals surface area contributed by atoms with E-state index in [9.17, 15) is 50.8 Å². The van der Waals surface area contributed by atoms with Gasteiger partial charge in [-0.15, -0.1) is 0 Å². The molecule has 2 rings (SSSR count). The Bertz CT molecular complexity index is 1070. The van der Waals surface area contributed by atoms with Gasteiger partial charge in [-0.2, -0.15) is 26.3 Å². The Labute approximate surface area is 179 Å². The van der Waals surface area contributed by atoms with Crippen LogP contribution in [0, 0.1) is 10.1 Å². The van der Waals surface area contributed by atoms with Crippen LogP contribution >= 0.6 is 0 Å². The molecular formula is C18H11F6N3O6. The zero-order valence-electron chi connectivity index (χ0n) is 15.9. The molecule has 0 aliphatic rings. The van der Waals surface area contributed by atoms with Crippen molar-refractivity contribution in [3.63, 3.8) is 0 Å². The van der Waals surface area contributed by atoms with E-state index in [2.05, 4.69) is 4.74 Å². The highest BCUT2D eigenvalue weighted by Crippen LogP contribution is 2.36. The molecule has 2 aromatic rings. The second-order valence-electron chi connectivity index (χ2n) is 6.18. The number of esters is 1. The lowest BCUT2D eigenvalue weighted by Gasteiger charge is -2.14. The lowest BCUT2D eigenvalue weighted by molar-refractivity contribution is -0.384. The van der Waals surface area contributed by atoms with Gasteiger partial charge in [-0.25, -0.2) is 4.79 Å². The largest absolute Gasteiger partial charge is 0.452 e. The van der Waals surface area contributed by atoms with E-state index >= 15 is 0 Å². The lowest BCUT2D eigenvalue weighted by Crippen LogP contribution is -2.43. The number of halogens is 6. The summed E-state index contributed by atoms with van der Waals surface area (Å²) in [4.78, 5) is 45.3. The monoisotopic (exact) mass is 479 g/mol. The van der Waals surface area contributed by atoms with Crippen LogP contribution in [0.4, 0.5) is 32.0 Å². The number of nitro benzene ring substituents is 1. The third-order valence-electron chi connectivity index (χ3n) is 3.79. The van der Waals surface area contributed by atoms with Gasteiger partial charge in [-0.05, 0) is 24.3 Å². The SMILES string of the molecule is O=C(COC(=O)c1cc(C(F)(F)F)cc(C(F)(F)F)c1)NNC(=O)c1cccc([N+](=O)[O-])c1. The second kappa shape index (κ2) is 9.54. The summed E-state index contributed by atoms with van der Waals surface area (Å²) in [5.74, 6) is -3.86. The van der Waals surface area contributed by atoms with E-state index in [0.29, 0.717) is 0 Å². The Kier molecular flexibility index (Phi) is 7.25. The van der Waals surface area contributed by atoms with Crippen molar-refractivity contribution in [2.24, 2.45) is 0 Å². The van der Waals surface area contributed by atoms with Crippen LogP contribution in [0.5, 0.6) is 0 Å². The maximum Gasteiger partial charge on any atom is 0.416 e. The molecule has 176 valence electrons. The van der Waals surface area contributed by atoms with Crippen LogP contribution in [-0.4, -0.2) is 29.3 Å². The summed E-state index contributed by atoms with van der Waals surface area (Å²) in [5, 5.41) is 10.7. The first-order chi connectivity index (χ1) is 15.2. The van der Waals surface area contributed by atoms with Crippen LogP contribution < -0.4 is 10.9 Å².